The summed E-state index contributed by atoms with van der Waals surface area (Å²) in [5.41, 5.74) is 0.844. The van der Waals surface area contributed by atoms with Gasteiger partial charge in [0.1, 0.15) is 0 Å². The van der Waals surface area contributed by atoms with Crippen molar-refractivity contribution in [3.8, 4) is 0 Å². The van der Waals surface area contributed by atoms with Crippen molar-refractivity contribution in [3.63, 3.8) is 0 Å². The average Bonchev–Trinajstić information content (AvgIpc) is 2.89. The number of nitrogens with zero attached hydrogens (tertiary/aromatic N) is 3. The van der Waals surface area contributed by atoms with Gasteiger partial charge in [-0.3, -0.25) is 5.21 Å². The van der Waals surface area contributed by atoms with Gasteiger partial charge in [-0.2, -0.15) is 10.2 Å². The minimum absolute atomic E-state index is 0.103. The summed E-state index contributed by atoms with van der Waals surface area (Å²) in [6.07, 6.45) is 6.22. The molecule has 1 aliphatic carbocycles. The molecule has 0 bridgehead atoms. The predicted molar refractivity (Wildman–Crippen MR) is 118 cm³/mol. The first kappa shape index (κ1) is 21.4. The standard InChI is InChI=1S/C19H25ClN4O2S2/c1-19(2)16(24(26)17(25)22-15-6-4-3-5-7-15)23(18(27)28-19)21-12-13-8-10-14(20)11-9-13/h8-12,15-16,26H,3-7H2,1-2H3,(H,22,25). The third-order valence-electron chi connectivity index (χ3n) is 4.96. The Morgan fingerprint density at radius 2 is 2.00 bits per heavy atom. The number of benzene rings is 1. The first-order valence-electron chi connectivity index (χ1n) is 9.38. The van der Waals surface area contributed by atoms with E-state index in [0.29, 0.717) is 9.34 Å². The van der Waals surface area contributed by atoms with Crippen LogP contribution in [0.1, 0.15) is 51.5 Å². The summed E-state index contributed by atoms with van der Waals surface area (Å²) < 4.78 is -0.0164. The van der Waals surface area contributed by atoms with Gasteiger partial charge in [-0.05, 0) is 44.4 Å². The van der Waals surface area contributed by atoms with Crippen LogP contribution < -0.4 is 5.32 Å². The molecule has 152 valence electrons. The molecule has 1 heterocycles. The Balaban J connectivity index is 1.75. The molecule has 28 heavy (non-hydrogen) atoms. The van der Waals surface area contributed by atoms with E-state index >= 15 is 0 Å². The van der Waals surface area contributed by atoms with Crippen LogP contribution in [-0.2, 0) is 0 Å². The number of carbonyl (C=O) groups is 1. The number of hydrogen-bond acceptors (Lipinski definition) is 5. The summed E-state index contributed by atoms with van der Waals surface area (Å²) in [5.74, 6) is 0. The highest BCUT2D eigenvalue weighted by atomic mass is 35.5. The first-order chi connectivity index (χ1) is 13.3. The quantitative estimate of drug-likeness (QED) is 0.303. The fourth-order valence-electron chi connectivity index (χ4n) is 3.50. The number of nitrogens with one attached hydrogen (secondary N) is 1. The molecular weight excluding hydrogens is 416 g/mol. The zero-order valence-electron chi connectivity index (χ0n) is 16.0. The van der Waals surface area contributed by atoms with Gasteiger partial charge < -0.3 is 5.32 Å². The minimum Gasteiger partial charge on any atom is -0.333 e. The van der Waals surface area contributed by atoms with Gasteiger partial charge in [0, 0.05) is 11.1 Å². The van der Waals surface area contributed by atoms with E-state index in [1.165, 1.54) is 23.2 Å². The molecule has 1 saturated carbocycles. The van der Waals surface area contributed by atoms with Crippen LogP contribution in [-0.4, -0.2) is 48.8 Å². The molecule has 1 unspecified atom stereocenters. The maximum atomic E-state index is 12.7. The smallest absolute Gasteiger partial charge is 0.333 e. The van der Waals surface area contributed by atoms with Crippen molar-refractivity contribution < 1.29 is 10.0 Å². The number of carbonyl (C=O) groups excluding carboxylic acids is 1. The van der Waals surface area contributed by atoms with Crippen LogP contribution in [0.5, 0.6) is 0 Å². The van der Waals surface area contributed by atoms with Gasteiger partial charge in [0.2, 0.25) is 0 Å². The molecule has 1 atom stereocenters. The fraction of sp³-hybridized carbons (Fsp3) is 0.526. The zero-order valence-corrected chi connectivity index (χ0v) is 18.4. The number of hydrogen-bond donors (Lipinski definition) is 2. The fourth-order valence-corrected chi connectivity index (χ4v) is 5.42. The number of rotatable bonds is 4. The third-order valence-corrected chi connectivity index (χ3v) is 6.75. The van der Waals surface area contributed by atoms with Crippen molar-refractivity contribution in [2.75, 3.05) is 0 Å². The zero-order chi connectivity index (χ0) is 20.3. The Labute approximate surface area is 180 Å². The van der Waals surface area contributed by atoms with E-state index in [9.17, 15) is 10.0 Å². The van der Waals surface area contributed by atoms with E-state index < -0.39 is 16.9 Å². The van der Waals surface area contributed by atoms with Gasteiger partial charge in [-0.1, -0.05) is 67.0 Å². The highest BCUT2D eigenvalue weighted by molar-refractivity contribution is 8.24. The van der Waals surface area contributed by atoms with Crippen LogP contribution in [0.4, 0.5) is 4.79 Å². The molecule has 3 rings (SSSR count). The molecule has 1 aromatic carbocycles. The van der Waals surface area contributed by atoms with Crippen molar-refractivity contribution in [1.29, 1.82) is 0 Å². The number of hydrazone groups is 1. The molecule has 1 aromatic rings. The third kappa shape index (κ3) is 4.97. The Morgan fingerprint density at radius 1 is 1.36 bits per heavy atom. The molecule has 0 spiro atoms. The monoisotopic (exact) mass is 440 g/mol. The molecule has 2 N–H and O–H groups in total. The Hall–Kier alpha value is -1.35. The van der Waals surface area contributed by atoms with Crippen LogP contribution in [0.25, 0.3) is 0 Å². The summed E-state index contributed by atoms with van der Waals surface area (Å²) in [6, 6.07) is 6.82. The SMILES string of the molecule is CC1(C)SC(=S)N(N=Cc2ccc(Cl)cc2)C1N(O)C(=O)NC1CCCCC1. The second-order valence-electron chi connectivity index (χ2n) is 7.61. The van der Waals surface area contributed by atoms with Crippen LogP contribution in [0.15, 0.2) is 29.4 Å². The second-order valence-corrected chi connectivity index (χ2v) is 10.3. The molecule has 2 aliphatic rings. The van der Waals surface area contributed by atoms with E-state index in [0.717, 1.165) is 36.3 Å². The summed E-state index contributed by atoms with van der Waals surface area (Å²) in [6.45, 7) is 3.87. The van der Waals surface area contributed by atoms with Gasteiger partial charge in [0.05, 0.1) is 11.0 Å². The van der Waals surface area contributed by atoms with E-state index in [1.54, 1.807) is 18.3 Å². The summed E-state index contributed by atoms with van der Waals surface area (Å²) in [7, 11) is 0. The van der Waals surface area contributed by atoms with Crippen LogP contribution >= 0.6 is 35.6 Å². The number of hydroxylamine groups is 2. The number of thioether (sulfide) groups is 1. The Kier molecular flexibility index (Phi) is 6.85. The first-order valence-corrected chi connectivity index (χ1v) is 11.0. The second kappa shape index (κ2) is 8.98. The molecule has 1 aliphatic heterocycles. The van der Waals surface area contributed by atoms with Crippen LogP contribution in [0, 0.1) is 0 Å². The van der Waals surface area contributed by atoms with Gasteiger partial charge in [0.25, 0.3) is 0 Å². The van der Waals surface area contributed by atoms with Crippen molar-refractivity contribution in [2.45, 2.75) is 62.9 Å². The minimum atomic E-state index is -0.711. The average molecular weight is 441 g/mol. The lowest BCUT2D eigenvalue weighted by molar-refractivity contribution is -0.119. The number of amides is 2. The molecule has 2 fully saturated rings. The van der Waals surface area contributed by atoms with Gasteiger partial charge in [-0.25, -0.2) is 9.80 Å². The topological polar surface area (TPSA) is 68.2 Å². The van der Waals surface area contributed by atoms with E-state index in [2.05, 4.69) is 10.4 Å². The molecule has 9 heteroatoms. The van der Waals surface area contributed by atoms with E-state index in [1.807, 2.05) is 26.0 Å². The van der Waals surface area contributed by atoms with E-state index in [-0.39, 0.29) is 6.04 Å². The van der Waals surface area contributed by atoms with E-state index in [4.69, 9.17) is 23.8 Å². The summed E-state index contributed by atoms with van der Waals surface area (Å²) >= 11 is 12.8. The largest absolute Gasteiger partial charge is 0.343 e. The molecule has 0 radical (unpaired) electrons. The van der Waals surface area contributed by atoms with Crippen molar-refractivity contribution in [3.05, 3.63) is 34.9 Å². The number of urea groups is 1. The highest BCUT2D eigenvalue weighted by Gasteiger charge is 2.50. The van der Waals surface area contributed by atoms with Crippen LogP contribution in [0.2, 0.25) is 5.02 Å². The normalized spacial score (nSPS) is 22.6. The maximum Gasteiger partial charge on any atom is 0.343 e. The van der Waals surface area contributed by atoms with Crippen molar-refractivity contribution >= 4 is 52.1 Å². The molecule has 0 aromatic heterocycles. The van der Waals surface area contributed by atoms with Crippen molar-refractivity contribution in [1.82, 2.24) is 15.4 Å². The Morgan fingerprint density at radius 3 is 2.64 bits per heavy atom. The van der Waals surface area contributed by atoms with Gasteiger partial charge >= 0.3 is 6.03 Å². The molecule has 2 amide bonds. The highest BCUT2D eigenvalue weighted by Crippen LogP contribution is 2.42. The number of halogens is 1. The molecular formula is C19H25ClN4O2S2. The van der Waals surface area contributed by atoms with Crippen LogP contribution in [0.3, 0.4) is 0 Å². The lowest BCUT2D eigenvalue weighted by Crippen LogP contribution is -2.57. The lowest BCUT2D eigenvalue weighted by Gasteiger charge is -2.35. The Bertz CT molecular complexity index is 751. The summed E-state index contributed by atoms with van der Waals surface area (Å²) in [4.78, 5) is 12.7. The predicted octanol–water partition coefficient (Wildman–Crippen LogP) is 4.85. The number of thiocarbonyl (C=S) groups is 1. The maximum absolute atomic E-state index is 12.7. The van der Waals surface area contributed by atoms with Gasteiger partial charge in [-0.15, -0.1) is 0 Å². The summed E-state index contributed by atoms with van der Waals surface area (Å²) in [5, 5.41) is 21.0. The van der Waals surface area contributed by atoms with Crippen molar-refractivity contribution in [2.24, 2.45) is 5.10 Å². The molecule has 1 saturated heterocycles. The molecule has 6 nitrogen and oxygen atoms in total. The lowest BCUT2D eigenvalue weighted by atomic mass is 9.96. The van der Waals surface area contributed by atoms with Gasteiger partial charge in [0.15, 0.2) is 10.5 Å².